The fourth-order valence-corrected chi connectivity index (χ4v) is 0.896. The Balaban J connectivity index is 2.68. The van der Waals surface area contributed by atoms with E-state index in [1.165, 1.54) is 0 Å². The van der Waals surface area contributed by atoms with E-state index in [4.69, 9.17) is 5.73 Å². The Labute approximate surface area is 66.8 Å². The van der Waals surface area contributed by atoms with Crippen LogP contribution in [0.3, 0.4) is 0 Å². The van der Waals surface area contributed by atoms with Crippen LogP contribution in [-0.2, 0) is 0 Å². The Bertz CT molecular complexity index is 218. The van der Waals surface area contributed by atoms with Crippen molar-refractivity contribution >= 4 is 0 Å². The Morgan fingerprint density at radius 2 is 2.45 bits per heavy atom. The lowest BCUT2D eigenvalue weighted by Gasteiger charge is -2.06. The first-order chi connectivity index (χ1) is 5.34. The van der Waals surface area contributed by atoms with Crippen molar-refractivity contribution in [3.05, 3.63) is 42.7 Å². The Morgan fingerprint density at radius 3 is 3.00 bits per heavy atom. The zero-order valence-corrected chi connectivity index (χ0v) is 6.40. The third-order valence-electron chi connectivity index (χ3n) is 1.49. The summed E-state index contributed by atoms with van der Waals surface area (Å²) in [5.74, 6) is 0. The van der Waals surface area contributed by atoms with E-state index >= 15 is 0 Å². The second-order valence-electron chi connectivity index (χ2n) is 2.39. The van der Waals surface area contributed by atoms with E-state index in [2.05, 4.69) is 11.6 Å². The van der Waals surface area contributed by atoms with Crippen molar-refractivity contribution in [1.29, 1.82) is 0 Å². The third-order valence-corrected chi connectivity index (χ3v) is 1.49. The van der Waals surface area contributed by atoms with Crippen molar-refractivity contribution in [3.63, 3.8) is 0 Å². The minimum atomic E-state index is -0.00583. The van der Waals surface area contributed by atoms with Gasteiger partial charge in [-0.3, -0.25) is 4.98 Å². The number of nitrogens with zero attached hydrogens (tertiary/aromatic N) is 1. The van der Waals surface area contributed by atoms with Crippen molar-refractivity contribution in [2.75, 3.05) is 0 Å². The predicted molar refractivity (Wildman–Crippen MR) is 46.0 cm³/mol. The number of nitrogens with two attached hydrogens (primary N) is 1. The van der Waals surface area contributed by atoms with Crippen molar-refractivity contribution < 1.29 is 0 Å². The lowest BCUT2D eigenvalue weighted by molar-refractivity contribution is 0.714. The monoisotopic (exact) mass is 148 g/mol. The molecular weight excluding hydrogens is 136 g/mol. The van der Waals surface area contributed by atoms with Crippen molar-refractivity contribution in [2.24, 2.45) is 5.73 Å². The first-order valence-electron chi connectivity index (χ1n) is 3.62. The summed E-state index contributed by atoms with van der Waals surface area (Å²) in [4.78, 5) is 4.12. The van der Waals surface area contributed by atoms with Gasteiger partial charge in [-0.2, -0.15) is 0 Å². The summed E-state index contributed by atoms with van der Waals surface area (Å²) < 4.78 is 0. The van der Waals surface area contributed by atoms with Crippen molar-refractivity contribution in [2.45, 2.75) is 12.5 Å². The molecule has 11 heavy (non-hydrogen) atoms. The molecule has 2 N–H and O–H groups in total. The third kappa shape index (κ3) is 2.16. The molecular formula is C9H12N2. The van der Waals surface area contributed by atoms with Gasteiger partial charge >= 0.3 is 0 Å². The largest absolute Gasteiger partial charge is 0.322 e. The highest BCUT2D eigenvalue weighted by Gasteiger charge is 2.02. The maximum absolute atomic E-state index is 5.77. The predicted octanol–water partition coefficient (Wildman–Crippen LogP) is 1.66. The minimum Gasteiger partial charge on any atom is -0.322 e. The molecule has 0 saturated carbocycles. The molecule has 1 rings (SSSR count). The lowest BCUT2D eigenvalue weighted by atomic mass is 10.1. The maximum atomic E-state index is 5.77. The van der Waals surface area contributed by atoms with Gasteiger partial charge in [0.05, 0.1) is 11.7 Å². The number of aromatic nitrogens is 1. The summed E-state index contributed by atoms with van der Waals surface area (Å²) in [6.07, 6.45) is 4.33. The van der Waals surface area contributed by atoms with Gasteiger partial charge in [0.1, 0.15) is 0 Å². The summed E-state index contributed by atoms with van der Waals surface area (Å²) in [5.41, 5.74) is 6.70. The van der Waals surface area contributed by atoms with Gasteiger partial charge in [0.25, 0.3) is 0 Å². The highest BCUT2D eigenvalue weighted by Crippen LogP contribution is 2.09. The van der Waals surface area contributed by atoms with Gasteiger partial charge < -0.3 is 5.73 Å². The van der Waals surface area contributed by atoms with Crippen molar-refractivity contribution in [3.8, 4) is 0 Å². The Kier molecular flexibility index (Phi) is 2.81. The van der Waals surface area contributed by atoms with Crippen LogP contribution in [0.25, 0.3) is 0 Å². The first-order valence-corrected chi connectivity index (χ1v) is 3.62. The van der Waals surface area contributed by atoms with Gasteiger partial charge in [0.2, 0.25) is 0 Å². The summed E-state index contributed by atoms with van der Waals surface area (Å²) in [5, 5.41) is 0. The van der Waals surface area contributed by atoms with Gasteiger partial charge in [-0.05, 0) is 18.6 Å². The Hall–Kier alpha value is -1.15. The molecule has 2 nitrogen and oxygen atoms in total. The zero-order valence-electron chi connectivity index (χ0n) is 6.40. The summed E-state index contributed by atoms with van der Waals surface area (Å²) in [6, 6.07) is 5.73. The van der Waals surface area contributed by atoms with Crippen LogP contribution in [-0.4, -0.2) is 4.98 Å². The van der Waals surface area contributed by atoms with E-state index in [-0.39, 0.29) is 6.04 Å². The van der Waals surface area contributed by atoms with Crippen LogP contribution in [0.1, 0.15) is 18.2 Å². The topological polar surface area (TPSA) is 38.9 Å². The number of hydrogen-bond donors (Lipinski definition) is 1. The van der Waals surface area contributed by atoms with Crippen LogP contribution in [0, 0.1) is 0 Å². The maximum Gasteiger partial charge on any atom is 0.0574 e. The summed E-state index contributed by atoms with van der Waals surface area (Å²) >= 11 is 0. The van der Waals surface area contributed by atoms with E-state index in [1.807, 2.05) is 18.2 Å². The molecule has 0 aliphatic heterocycles. The molecule has 1 aromatic rings. The second kappa shape index (κ2) is 3.88. The SMILES string of the molecule is C=CCC(N)c1ccccn1. The van der Waals surface area contributed by atoms with Gasteiger partial charge in [-0.1, -0.05) is 12.1 Å². The molecule has 0 radical (unpaired) electrons. The molecule has 1 atom stereocenters. The van der Waals surface area contributed by atoms with Gasteiger partial charge in [0, 0.05) is 6.20 Å². The van der Waals surface area contributed by atoms with Crippen molar-refractivity contribution in [1.82, 2.24) is 4.98 Å². The molecule has 0 aliphatic rings. The molecule has 58 valence electrons. The van der Waals surface area contributed by atoms with E-state index in [1.54, 1.807) is 12.3 Å². The van der Waals surface area contributed by atoms with Crippen LogP contribution < -0.4 is 5.73 Å². The van der Waals surface area contributed by atoms with Gasteiger partial charge in [-0.25, -0.2) is 0 Å². The number of pyridine rings is 1. The smallest absolute Gasteiger partial charge is 0.0574 e. The molecule has 2 heteroatoms. The van der Waals surface area contributed by atoms with E-state index < -0.39 is 0 Å². The van der Waals surface area contributed by atoms with Crippen LogP contribution in [0.4, 0.5) is 0 Å². The average Bonchev–Trinajstić information content (AvgIpc) is 2.07. The van der Waals surface area contributed by atoms with E-state index in [0.717, 1.165) is 12.1 Å². The molecule has 0 bridgehead atoms. The van der Waals surface area contributed by atoms with Crippen LogP contribution in [0.2, 0.25) is 0 Å². The van der Waals surface area contributed by atoms with E-state index in [0.29, 0.717) is 0 Å². The molecule has 1 aromatic heterocycles. The highest BCUT2D eigenvalue weighted by atomic mass is 14.8. The second-order valence-corrected chi connectivity index (χ2v) is 2.39. The fourth-order valence-electron chi connectivity index (χ4n) is 0.896. The molecule has 0 aromatic carbocycles. The van der Waals surface area contributed by atoms with Crippen LogP contribution >= 0.6 is 0 Å². The van der Waals surface area contributed by atoms with E-state index in [9.17, 15) is 0 Å². The van der Waals surface area contributed by atoms with Gasteiger partial charge in [-0.15, -0.1) is 6.58 Å². The Morgan fingerprint density at radius 1 is 1.64 bits per heavy atom. The number of rotatable bonds is 3. The fraction of sp³-hybridized carbons (Fsp3) is 0.222. The first kappa shape index (κ1) is 7.95. The lowest BCUT2D eigenvalue weighted by Crippen LogP contribution is -2.10. The summed E-state index contributed by atoms with van der Waals surface area (Å²) in [6.45, 7) is 3.62. The zero-order chi connectivity index (χ0) is 8.10. The molecule has 0 aliphatic carbocycles. The normalized spacial score (nSPS) is 12.5. The quantitative estimate of drug-likeness (QED) is 0.662. The molecule has 1 heterocycles. The molecule has 0 saturated heterocycles. The molecule has 0 fully saturated rings. The molecule has 0 amide bonds. The van der Waals surface area contributed by atoms with Gasteiger partial charge in [0.15, 0.2) is 0 Å². The summed E-state index contributed by atoms with van der Waals surface area (Å²) in [7, 11) is 0. The molecule has 0 spiro atoms. The number of hydrogen-bond acceptors (Lipinski definition) is 2. The van der Waals surface area contributed by atoms with Crippen LogP contribution in [0.5, 0.6) is 0 Å². The minimum absolute atomic E-state index is 0.00583. The average molecular weight is 148 g/mol. The molecule has 1 unspecified atom stereocenters. The van der Waals surface area contributed by atoms with Crippen LogP contribution in [0.15, 0.2) is 37.1 Å². The standard InChI is InChI=1S/C9H12N2/c1-2-5-8(10)9-6-3-4-7-11-9/h2-4,6-8H,1,5,10H2. The highest BCUT2D eigenvalue weighted by molar-refractivity contribution is 5.08.